The summed E-state index contributed by atoms with van der Waals surface area (Å²) in [5.41, 5.74) is 2.44. The van der Waals surface area contributed by atoms with Crippen molar-refractivity contribution in [2.45, 2.75) is 169 Å². The van der Waals surface area contributed by atoms with Gasteiger partial charge in [0, 0.05) is 6.42 Å². The van der Waals surface area contributed by atoms with E-state index in [1.54, 1.807) is 0 Å². The van der Waals surface area contributed by atoms with E-state index in [9.17, 15) is 9.59 Å². The highest BCUT2D eigenvalue weighted by molar-refractivity contribution is 5.74. The Kier molecular flexibility index (Phi) is 16.2. The first-order valence-electron chi connectivity index (χ1n) is 14.8. The van der Waals surface area contributed by atoms with E-state index in [4.69, 9.17) is 18.9 Å². The molecule has 6 heteroatoms. The van der Waals surface area contributed by atoms with Gasteiger partial charge in [-0.3, -0.25) is 9.59 Å². The molecule has 0 aliphatic carbocycles. The molecule has 0 bridgehead atoms. The molecule has 0 aromatic rings. The first-order chi connectivity index (χ1) is 17.8. The molecule has 0 radical (unpaired) electrons. The smallest absolute Gasteiger partial charge is 0.309 e. The third-order valence-corrected chi connectivity index (χ3v) is 8.13. The Morgan fingerprint density at radius 1 is 0.718 bits per heavy atom. The van der Waals surface area contributed by atoms with Gasteiger partial charge in [0.2, 0.25) is 0 Å². The molecule has 0 N–H and O–H groups in total. The Bertz CT molecular complexity index is 776. The number of unbranched alkanes of at least 4 members (excludes halogenated alkanes) is 2. The van der Waals surface area contributed by atoms with E-state index in [0.717, 1.165) is 64.2 Å². The molecule has 39 heavy (non-hydrogen) atoms. The highest BCUT2D eigenvalue weighted by atomic mass is 16.6. The van der Waals surface area contributed by atoms with E-state index in [2.05, 4.69) is 27.0 Å². The lowest BCUT2D eigenvalue weighted by atomic mass is 9.99. The minimum Gasteiger partial charge on any atom is -0.462 e. The molecular weight excluding hydrogens is 492 g/mol. The summed E-state index contributed by atoms with van der Waals surface area (Å²) in [6.07, 6.45) is 16.5. The van der Waals surface area contributed by atoms with Gasteiger partial charge >= 0.3 is 11.9 Å². The van der Waals surface area contributed by atoms with Crippen molar-refractivity contribution in [1.29, 1.82) is 0 Å². The predicted octanol–water partition coefficient (Wildman–Crippen LogP) is 8.27. The monoisotopic (exact) mass is 550 g/mol. The number of hydrogen-bond donors (Lipinski definition) is 0. The van der Waals surface area contributed by atoms with Crippen molar-refractivity contribution < 1.29 is 28.5 Å². The van der Waals surface area contributed by atoms with Crippen LogP contribution in [-0.4, -0.2) is 48.6 Å². The van der Waals surface area contributed by atoms with Gasteiger partial charge in [0.15, 0.2) is 0 Å². The van der Waals surface area contributed by atoms with E-state index in [1.807, 2.05) is 6.92 Å². The zero-order chi connectivity index (χ0) is 26.8. The minimum absolute atomic E-state index is 0. The zero-order valence-electron chi connectivity index (χ0n) is 23.5. The predicted molar refractivity (Wildman–Crippen MR) is 159 cm³/mol. The summed E-state index contributed by atoms with van der Waals surface area (Å²) in [5.74, 6) is -0.0287. The van der Waals surface area contributed by atoms with Crippen molar-refractivity contribution >= 4 is 11.9 Å². The lowest BCUT2D eigenvalue weighted by Gasteiger charge is -2.15. The van der Waals surface area contributed by atoms with Gasteiger partial charge in [0.25, 0.3) is 0 Å². The second kappa shape index (κ2) is 17.9. The van der Waals surface area contributed by atoms with Gasteiger partial charge in [-0.2, -0.15) is 0 Å². The number of cyclic esters (lactones) is 2. The van der Waals surface area contributed by atoms with E-state index in [1.165, 1.54) is 36.8 Å². The molecular formula is C33H58O6. The highest BCUT2D eigenvalue weighted by Gasteiger charge is 2.34. The fraction of sp³-hybridized carbons (Fsp3) is 0.818. The summed E-state index contributed by atoms with van der Waals surface area (Å²) in [6.45, 7) is 14.6. The molecule has 2 unspecified atom stereocenters. The number of esters is 2. The van der Waals surface area contributed by atoms with Gasteiger partial charge in [0.1, 0.15) is 12.2 Å². The van der Waals surface area contributed by atoms with E-state index in [0.29, 0.717) is 18.6 Å². The first-order valence-corrected chi connectivity index (χ1v) is 14.8. The van der Waals surface area contributed by atoms with Crippen molar-refractivity contribution in [3.8, 4) is 0 Å². The fourth-order valence-electron chi connectivity index (χ4n) is 5.81. The number of carbonyl (C=O) groups is 2. The summed E-state index contributed by atoms with van der Waals surface area (Å²) >= 11 is 0. The van der Waals surface area contributed by atoms with E-state index < -0.39 is 0 Å². The van der Waals surface area contributed by atoms with Crippen LogP contribution in [0, 0.1) is 5.92 Å². The Hall–Kier alpha value is -1.66. The standard InChI is InChI=1S/C16H26O3.C15H24O3.2CH4/c1-4-5-6-13-9-11(2)15(18-13)8-7-14-10-12(3)16(17)19-14;1-3-4-5-13-10-11(2)14(17-13)8-6-12-7-9-15(16)18-12;;/h12-15H,2,4-10H2,1,3H3;12-14H,2-10H2,1H3;2*1H4/t12-,13+,14-,15?;12-,13+,14?;;/m11../s1. The Balaban J connectivity index is 0.000000371. The molecule has 4 aliphatic heterocycles. The normalized spacial score (nSPS) is 31.7. The van der Waals surface area contributed by atoms with E-state index in [-0.39, 0.29) is 57.1 Å². The summed E-state index contributed by atoms with van der Waals surface area (Å²) in [4.78, 5) is 22.4. The molecule has 4 rings (SSSR count). The van der Waals surface area contributed by atoms with Crippen LogP contribution in [0.15, 0.2) is 24.3 Å². The number of carbonyl (C=O) groups excluding carboxylic acids is 2. The van der Waals surface area contributed by atoms with Crippen LogP contribution in [0.3, 0.4) is 0 Å². The topological polar surface area (TPSA) is 71.1 Å². The van der Waals surface area contributed by atoms with Crippen LogP contribution in [0.1, 0.15) is 132 Å². The van der Waals surface area contributed by atoms with Crippen molar-refractivity contribution in [2.75, 3.05) is 0 Å². The average molecular weight is 551 g/mol. The van der Waals surface area contributed by atoms with Crippen molar-refractivity contribution in [3.63, 3.8) is 0 Å². The molecule has 0 aromatic heterocycles. The molecule has 6 nitrogen and oxygen atoms in total. The number of ether oxygens (including phenoxy) is 4. The average Bonchev–Trinajstić information content (AvgIpc) is 3.62. The maximum atomic E-state index is 11.3. The van der Waals surface area contributed by atoms with Crippen LogP contribution in [0.5, 0.6) is 0 Å². The summed E-state index contributed by atoms with van der Waals surface area (Å²) in [5, 5.41) is 0. The van der Waals surface area contributed by atoms with Gasteiger partial charge in [-0.1, -0.05) is 74.5 Å². The molecule has 0 saturated carbocycles. The lowest BCUT2D eigenvalue weighted by molar-refractivity contribution is -0.144. The lowest BCUT2D eigenvalue weighted by Crippen LogP contribution is -2.15. The maximum absolute atomic E-state index is 11.3. The van der Waals surface area contributed by atoms with Gasteiger partial charge in [-0.05, 0) is 75.4 Å². The third-order valence-electron chi connectivity index (χ3n) is 8.13. The second-order valence-corrected chi connectivity index (χ2v) is 11.5. The van der Waals surface area contributed by atoms with Crippen LogP contribution in [0.2, 0.25) is 0 Å². The summed E-state index contributed by atoms with van der Waals surface area (Å²) < 4.78 is 22.6. The second-order valence-electron chi connectivity index (χ2n) is 11.5. The van der Waals surface area contributed by atoms with Crippen molar-refractivity contribution in [2.24, 2.45) is 5.92 Å². The molecule has 4 fully saturated rings. The molecule has 7 atom stereocenters. The van der Waals surface area contributed by atoms with E-state index >= 15 is 0 Å². The van der Waals surface area contributed by atoms with Gasteiger partial charge in [0.05, 0.1) is 30.3 Å². The highest BCUT2D eigenvalue weighted by Crippen LogP contribution is 2.33. The maximum Gasteiger partial charge on any atom is 0.309 e. The van der Waals surface area contributed by atoms with Gasteiger partial charge in [-0.25, -0.2) is 0 Å². The Morgan fingerprint density at radius 3 is 1.64 bits per heavy atom. The van der Waals surface area contributed by atoms with Gasteiger partial charge in [-0.15, -0.1) is 0 Å². The Labute approximate surface area is 239 Å². The molecule has 0 aromatic carbocycles. The van der Waals surface area contributed by atoms with Crippen LogP contribution < -0.4 is 0 Å². The molecule has 0 spiro atoms. The summed E-state index contributed by atoms with van der Waals surface area (Å²) in [7, 11) is 0. The Morgan fingerprint density at radius 2 is 1.23 bits per heavy atom. The SMILES string of the molecule is C.C.C=C1C[C@H](CCCC)OC1CC[C@@H]1CCC(=O)O1.C=C1C[C@H](CCCC)OC1CC[C@@H]1C[C@@H](C)C(=O)O1. The number of rotatable bonds is 12. The fourth-order valence-corrected chi connectivity index (χ4v) is 5.81. The largest absolute Gasteiger partial charge is 0.462 e. The van der Waals surface area contributed by atoms with Crippen LogP contribution in [-0.2, 0) is 28.5 Å². The van der Waals surface area contributed by atoms with Gasteiger partial charge < -0.3 is 18.9 Å². The van der Waals surface area contributed by atoms with Crippen LogP contribution in [0.4, 0.5) is 0 Å². The number of hydrogen-bond acceptors (Lipinski definition) is 6. The van der Waals surface area contributed by atoms with Crippen molar-refractivity contribution in [1.82, 2.24) is 0 Å². The molecule has 4 saturated heterocycles. The first kappa shape index (κ1) is 35.4. The summed E-state index contributed by atoms with van der Waals surface area (Å²) in [6, 6.07) is 0. The van der Waals surface area contributed by atoms with Crippen LogP contribution >= 0.6 is 0 Å². The quantitative estimate of drug-likeness (QED) is 0.180. The zero-order valence-corrected chi connectivity index (χ0v) is 23.5. The van der Waals surface area contributed by atoms with Crippen molar-refractivity contribution in [3.05, 3.63) is 24.3 Å². The molecule has 4 heterocycles. The molecule has 4 aliphatic rings. The minimum atomic E-state index is -0.0491. The molecule has 0 amide bonds. The van der Waals surface area contributed by atoms with Crippen LogP contribution in [0.25, 0.3) is 0 Å². The third kappa shape index (κ3) is 11.4. The molecule has 226 valence electrons.